The van der Waals surface area contributed by atoms with Crippen molar-refractivity contribution >= 4 is 22.6 Å². The highest BCUT2D eigenvalue weighted by molar-refractivity contribution is 14.1. The topological polar surface area (TPSA) is 24.5 Å². The van der Waals surface area contributed by atoms with Gasteiger partial charge in [0.1, 0.15) is 5.75 Å². The first kappa shape index (κ1) is 14.1. The molecule has 0 radical (unpaired) electrons. The van der Waals surface area contributed by atoms with Crippen LogP contribution in [-0.2, 0) is 0 Å². The molecule has 18 heavy (non-hydrogen) atoms. The third-order valence-corrected chi connectivity index (χ3v) is 3.88. The molecule has 1 aliphatic heterocycles. The standard InChI is InChI=1S/C14H21IN2O/c15-13-3-5-14(6-4-13)18-12-2-1-9-17-10-7-16-8-11-17/h3-6,16H,1-2,7-12H2. The molecule has 1 saturated heterocycles. The summed E-state index contributed by atoms with van der Waals surface area (Å²) in [7, 11) is 0. The van der Waals surface area contributed by atoms with Gasteiger partial charge in [-0.3, -0.25) is 0 Å². The second-order valence-corrected chi connectivity index (χ2v) is 5.85. The number of ether oxygens (including phenoxy) is 1. The van der Waals surface area contributed by atoms with Crippen LogP contribution in [0, 0.1) is 3.57 Å². The van der Waals surface area contributed by atoms with E-state index in [1.807, 2.05) is 12.1 Å². The zero-order valence-corrected chi connectivity index (χ0v) is 12.9. The van der Waals surface area contributed by atoms with Crippen LogP contribution in [0.5, 0.6) is 5.75 Å². The predicted octanol–water partition coefficient (Wildman–Crippen LogP) is 2.36. The van der Waals surface area contributed by atoms with Crippen LogP contribution in [-0.4, -0.2) is 44.2 Å². The highest BCUT2D eigenvalue weighted by Gasteiger charge is 2.07. The lowest BCUT2D eigenvalue weighted by atomic mass is 10.2. The number of hydrogen-bond acceptors (Lipinski definition) is 3. The number of hydrogen-bond donors (Lipinski definition) is 1. The fraction of sp³-hybridized carbons (Fsp3) is 0.571. The molecule has 1 aromatic rings. The Morgan fingerprint density at radius 1 is 1.11 bits per heavy atom. The number of nitrogens with zero attached hydrogens (tertiary/aromatic N) is 1. The molecule has 4 heteroatoms. The van der Waals surface area contributed by atoms with E-state index in [4.69, 9.17) is 4.74 Å². The SMILES string of the molecule is Ic1ccc(OCCCCN2CCNCC2)cc1. The van der Waals surface area contributed by atoms with Gasteiger partial charge in [0.2, 0.25) is 0 Å². The summed E-state index contributed by atoms with van der Waals surface area (Å²) < 4.78 is 6.96. The van der Waals surface area contributed by atoms with Crippen LogP contribution in [0.2, 0.25) is 0 Å². The smallest absolute Gasteiger partial charge is 0.119 e. The van der Waals surface area contributed by atoms with Crippen LogP contribution >= 0.6 is 22.6 Å². The molecular formula is C14H21IN2O. The molecule has 0 saturated carbocycles. The number of benzene rings is 1. The highest BCUT2D eigenvalue weighted by atomic mass is 127. The Morgan fingerprint density at radius 3 is 2.56 bits per heavy atom. The zero-order chi connectivity index (χ0) is 12.6. The van der Waals surface area contributed by atoms with E-state index in [1.54, 1.807) is 0 Å². The van der Waals surface area contributed by atoms with Crippen molar-refractivity contribution in [1.82, 2.24) is 10.2 Å². The lowest BCUT2D eigenvalue weighted by Gasteiger charge is -2.26. The average Bonchev–Trinajstić information content (AvgIpc) is 2.42. The summed E-state index contributed by atoms with van der Waals surface area (Å²) in [5, 5.41) is 3.38. The fourth-order valence-electron chi connectivity index (χ4n) is 2.09. The van der Waals surface area contributed by atoms with Crippen LogP contribution in [0.25, 0.3) is 0 Å². The molecule has 0 atom stereocenters. The summed E-state index contributed by atoms with van der Waals surface area (Å²) in [4.78, 5) is 2.53. The Balaban J connectivity index is 1.54. The molecule has 1 aromatic carbocycles. The average molecular weight is 360 g/mol. The van der Waals surface area contributed by atoms with Crippen molar-refractivity contribution in [3.63, 3.8) is 0 Å². The highest BCUT2D eigenvalue weighted by Crippen LogP contribution is 2.13. The Kier molecular flexibility index (Phi) is 6.23. The quantitative estimate of drug-likeness (QED) is 0.623. The van der Waals surface area contributed by atoms with Crippen LogP contribution in [0.4, 0.5) is 0 Å². The van der Waals surface area contributed by atoms with Crippen LogP contribution < -0.4 is 10.1 Å². The first-order valence-corrected chi connectivity index (χ1v) is 7.74. The van der Waals surface area contributed by atoms with E-state index in [0.29, 0.717) is 0 Å². The van der Waals surface area contributed by atoms with E-state index >= 15 is 0 Å². The molecule has 0 bridgehead atoms. The van der Waals surface area contributed by atoms with Gasteiger partial charge < -0.3 is 15.0 Å². The fourth-order valence-corrected chi connectivity index (χ4v) is 2.45. The summed E-state index contributed by atoms with van der Waals surface area (Å²) in [6.07, 6.45) is 2.36. The van der Waals surface area contributed by atoms with Crippen LogP contribution in [0.1, 0.15) is 12.8 Å². The van der Waals surface area contributed by atoms with Crippen molar-refractivity contribution in [2.75, 3.05) is 39.3 Å². The maximum Gasteiger partial charge on any atom is 0.119 e. The van der Waals surface area contributed by atoms with Crippen molar-refractivity contribution in [3.05, 3.63) is 27.8 Å². The third kappa shape index (κ3) is 5.12. The van der Waals surface area contributed by atoms with E-state index in [-0.39, 0.29) is 0 Å². The van der Waals surface area contributed by atoms with E-state index in [9.17, 15) is 0 Å². The maximum absolute atomic E-state index is 5.72. The molecule has 0 aliphatic carbocycles. The monoisotopic (exact) mass is 360 g/mol. The van der Waals surface area contributed by atoms with Gasteiger partial charge in [-0.15, -0.1) is 0 Å². The van der Waals surface area contributed by atoms with Crippen LogP contribution in [0.15, 0.2) is 24.3 Å². The summed E-state index contributed by atoms with van der Waals surface area (Å²) in [5.41, 5.74) is 0. The second kappa shape index (κ2) is 7.96. The molecule has 100 valence electrons. The van der Waals surface area contributed by atoms with Gasteiger partial charge in [-0.05, 0) is 66.2 Å². The van der Waals surface area contributed by atoms with Gasteiger partial charge in [0.25, 0.3) is 0 Å². The van der Waals surface area contributed by atoms with Gasteiger partial charge in [-0.2, -0.15) is 0 Å². The largest absolute Gasteiger partial charge is 0.494 e. The number of unbranched alkanes of at least 4 members (excludes halogenated alkanes) is 1. The molecule has 1 N–H and O–H groups in total. The molecule has 0 amide bonds. The maximum atomic E-state index is 5.72. The summed E-state index contributed by atoms with van der Waals surface area (Å²) >= 11 is 2.31. The minimum Gasteiger partial charge on any atom is -0.494 e. The molecular weight excluding hydrogens is 339 g/mol. The van der Waals surface area contributed by atoms with Gasteiger partial charge in [0.05, 0.1) is 6.61 Å². The Bertz CT molecular complexity index is 336. The van der Waals surface area contributed by atoms with E-state index in [1.165, 1.54) is 29.6 Å². The summed E-state index contributed by atoms with van der Waals surface area (Å²) in [6.45, 7) is 6.69. The first-order valence-electron chi connectivity index (χ1n) is 6.66. The number of nitrogens with one attached hydrogen (secondary N) is 1. The minimum absolute atomic E-state index is 0.826. The lowest BCUT2D eigenvalue weighted by molar-refractivity contribution is 0.226. The van der Waals surface area contributed by atoms with E-state index < -0.39 is 0 Å². The lowest BCUT2D eigenvalue weighted by Crippen LogP contribution is -2.43. The van der Waals surface area contributed by atoms with Crippen molar-refractivity contribution in [2.24, 2.45) is 0 Å². The van der Waals surface area contributed by atoms with E-state index in [0.717, 1.165) is 31.9 Å². The predicted molar refractivity (Wildman–Crippen MR) is 83.2 cm³/mol. The first-order chi connectivity index (χ1) is 8.84. The number of piperazine rings is 1. The second-order valence-electron chi connectivity index (χ2n) is 4.60. The van der Waals surface area contributed by atoms with E-state index in [2.05, 4.69) is 44.9 Å². The van der Waals surface area contributed by atoms with Crippen molar-refractivity contribution in [1.29, 1.82) is 0 Å². The Labute approximate surface area is 123 Å². The van der Waals surface area contributed by atoms with Crippen LogP contribution in [0.3, 0.4) is 0 Å². The zero-order valence-electron chi connectivity index (χ0n) is 10.7. The normalized spacial score (nSPS) is 16.7. The Morgan fingerprint density at radius 2 is 1.83 bits per heavy atom. The summed E-state index contributed by atoms with van der Waals surface area (Å²) in [5.74, 6) is 0.984. The van der Waals surface area contributed by atoms with Crippen molar-refractivity contribution in [2.45, 2.75) is 12.8 Å². The minimum atomic E-state index is 0.826. The molecule has 0 unspecified atom stereocenters. The molecule has 1 aliphatic rings. The number of rotatable bonds is 6. The Hall–Kier alpha value is -0.330. The molecule has 0 aromatic heterocycles. The van der Waals surface area contributed by atoms with Gasteiger partial charge in [-0.1, -0.05) is 0 Å². The molecule has 2 rings (SSSR count). The van der Waals surface area contributed by atoms with Gasteiger partial charge >= 0.3 is 0 Å². The van der Waals surface area contributed by atoms with Gasteiger partial charge in [0.15, 0.2) is 0 Å². The van der Waals surface area contributed by atoms with Crippen molar-refractivity contribution < 1.29 is 4.74 Å². The summed E-state index contributed by atoms with van der Waals surface area (Å²) in [6, 6.07) is 8.24. The third-order valence-electron chi connectivity index (χ3n) is 3.16. The molecule has 3 nitrogen and oxygen atoms in total. The van der Waals surface area contributed by atoms with Crippen molar-refractivity contribution in [3.8, 4) is 5.75 Å². The molecule has 1 heterocycles. The number of halogens is 1. The van der Waals surface area contributed by atoms with Gasteiger partial charge in [0, 0.05) is 29.7 Å². The molecule has 1 fully saturated rings. The van der Waals surface area contributed by atoms with Gasteiger partial charge in [-0.25, -0.2) is 0 Å². The molecule has 0 spiro atoms.